The van der Waals surface area contributed by atoms with Crippen molar-refractivity contribution in [1.29, 1.82) is 0 Å². The second-order valence-corrected chi connectivity index (χ2v) is 6.29. The number of hydrogen-bond acceptors (Lipinski definition) is 1. The highest BCUT2D eigenvalue weighted by Crippen LogP contribution is 2.40. The maximum Gasteiger partial charge on any atom is 0.0827 e. The van der Waals surface area contributed by atoms with Gasteiger partial charge in [0.2, 0.25) is 0 Å². The molecule has 0 aromatic heterocycles. The lowest BCUT2D eigenvalue weighted by atomic mass is 9.70. The molecule has 2 aliphatic rings. The van der Waals surface area contributed by atoms with Crippen molar-refractivity contribution in [3.63, 3.8) is 0 Å². The lowest BCUT2D eigenvalue weighted by Gasteiger charge is -2.36. The van der Waals surface area contributed by atoms with Crippen molar-refractivity contribution < 1.29 is 9.50 Å². The minimum absolute atomic E-state index is 0.0231. The fourth-order valence-electron chi connectivity index (χ4n) is 3.92. The van der Waals surface area contributed by atoms with Gasteiger partial charge in [0.25, 0.3) is 0 Å². The van der Waals surface area contributed by atoms with E-state index < -0.39 is 0 Å². The van der Waals surface area contributed by atoms with Crippen LogP contribution in [0, 0.1) is 17.8 Å². The van der Waals surface area contributed by atoms with Crippen LogP contribution in [0.25, 0.3) is 0 Å². The lowest BCUT2D eigenvalue weighted by molar-refractivity contribution is 0.0765. The molecular weight excluding hydrogens is 227 g/mol. The zero-order valence-electron chi connectivity index (χ0n) is 11.4. The predicted octanol–water partition coefficient (Wildman–Crippen LogP) is 4.61. The molecule has 0 aliphatic heterocycles. The summed E-state index contributed by atoms with van der Waals surface area (Å²) >= 11 is 0. The molecule has 18 heavy (non-hydrogen) atoms. The largest absolute Gasteiger partial charge is 0.393 e. The minimum atomic E-state index is -0.0231. The molecule has 0 amide bonds. The van der Waals surface area contributed by atoms with Crippen LogP contribution in [-0.2, 0) is 0 Å². The van der Waals surface area contributed by atoms with Crippen molar-refractivity contribution in [2.75, 3.05) is 0 Å². The second-order valence-electron chi connectivity index (χ2n) is 6.29. The molecule has 0 spiro atoms. The van der Waals surface area contributed by atoms with Gasteiger partial charge in [0.15, 0.2) is 0 Å². The average molecular weight is 254 g/mol. The molecule has 0 bridgehead atoms. The third kappa shape index (κ3) is 4.08. The monoisotopic (exact) mass is 254 g/mol. The maximum absolute atomic E-state index is 11.9. The van der Waals surface area contributed by atoms with E-state index in [-0.39, 0.29) is 6.10 Å². The van der Waals surface area contributed by atoms with E-state index in [1.807, 2.05) is 0 Å². The van der Waals surface area contributed by atoms with E-state index in [2.05, 4.69) is 0 Å². The molecule has 0 radical (unpaired) electrons. The van der Waals surface area contributed by atoms with E-state index in [0.717, 1.165) is 43.4 Å². The summed E-state index contributed by atoms with van der Waals surface area (Å²) < 4.78 is 11.9. The molecule has 0 heterocycles. The molecular formula is C16H27FO. The highest BCUT2D eigenvalue weighted by molar-refractivity contribution is 4.83. The van der Waals surface area contributed by atoms with E-state index in [4.69, 9.17) is 0 Å². The van der Waals surface area contributed by atoms with E-state index in [1.54, 1.807) is 6.08 Å². The van der Waals surface area contributed by atoms with Gasteiger partial charge in [-0.05, 0) is 69.1 Å². The van der Waals surface area contributed by atoms with E-state index in [9.17, 15) is 9.50 Å². The molecule has 1 nitrogen and oxygen atoms in total. The van der Waals surface area contributed by atoms with E-state index in [1.165, 1.54) is 38.5 Å². The zero-order valence-corrected chi connectivity index (χ0v) is 11.4. The summed E-state index contributed by atoms with van der Waals surface area (Å²) in [5.41, 5.74) is 0. The normalized spacial score (nSPS) is 38.1. The third-order valence-corrected chi connectivity index (χ3v) is 5.13. The number of halogens is 1. The van der Waals surface area contributed by atoms with Crippen molar-refractivity contribution in [2.45, 2.75) is 70.3 Å². The molecule has 1 N–H and O–H groups in total. The van der Waals surface area contributed by atoms with Gasteiger partial charge in [-0.1, -0.05) is 18.9 Å². The highest BCUT2D eigenvalue weighted by Gasteiger charge is 2.29. The lowest BCUT2D eigenvalue weighted by Crippen LogP contribution is -2.27. The van der Waals surface area contributed by atoms with Gasteiger partial charge in [-0.3, -0.25) is 0 Å². The van der Waals surface area contributed by atoms with Crippen LogP contribution in [0.5, 0.6) is 0 Å². The van der Waals surface area contributed by atoms with Crippen molar-refractivity contribution in [3.05, 3.63) is 12.4 Å². The Bertz CT molecular complexity index is 248. The van der Waals surface area contributed by atoms with Crippen molar-refractivity contribution in [2.24, 2.45) is 17.8 Å². The standard InChI is InChI=1S/C16H27FO/c17-12-2-1-3-13-4-6-14(7-5-13)15-8-10-16(18)11-9-15/h2,12-16,18H,1,3-11H2. The Morgan fingerprint density at radius 2 is 1.44 bits per heavy atom. The summed E-state index contributed by atoms with van der Waals surface area (Å²) in [6.07, 6.45) is 14.3. The first-order chi connectivity index (χ1) is 8.79. The Balaban J connectivity index is 1.66. The minimum Gasteiger partial charge on any atom is -0.393 e. The molecule has 2 heteroatoms. The van der Waals surface area contributed by atoms with Crippen LogP contribution < -0.4 is 0 Å². The van der Waals surface area contributed by atoms with E-state index >= 15 is 0 Å². The summed E-state index contributed by atoms with van der Waals surface area (Å²) in [6.45, 7) is 0. The molecule has 0 unspecified atom stereocenters. The number of rotatable bonds is 4. The molecule has 0 aromatic rings. The topological polar surface area (TPSA) is 20.2 Å². The van der Waals surface area contributed by atoms with Crippen LogP contribution in [-0.4, -0.2) is 11.2 Å². The summed E-state index contributed by atoms with van der Waals surface area (Å²) in [5, 5.41) is 9.55. The Labute approximate surface area is 110 Å². The first kappa shape index (κ1) is 14.0. The third-order valence-electron chi connectivity index (χ3n) is 5.13. The Morgan fingerprint density at radius 3 is 2.00 bits per heavy atom. The van der Waals surface area contributed by atoms with Gasteiger partial charge in [0, 0.05) is 0 Å². The fourth-order valence-corrected chi connectivity index (χ4v) is 3.92. The Kier molecular flexibility index (Phi) is 5.68. The molecule has 0 aromatic carbocycles. The smallest absolute Gasteiger partial charge is 0.0827 e. The molecule has 0 atom stereocenters. The number of aliphatic hydroxyl groups excluding tert-OH is 1. The number of aliphatic hydroxyl groups is 1. The van der Waals surface area contributed by atoms with Crippen LogP contribution >= 0.6 is 0 Å². The number of allylic oxidation sites excluding steroid dienone is 1. The van der Waals surface area contributed by atoms with Gasteiger partial charge in [-0.2, -0.15) is 0 Å². The van der Waals surface area contributed by atoms with Crippen LogP contribution in [0.4, 0.5) is 4.39 Å². The van der Waals surface area contributed by atoms with Gasteiger partial charge in [-0.15, -0.1) is 0 Å². The van der Waals surface area contributed by atoms with Crippen LogP contribution in [0.15, 0.2) is 12.4 Å². The van der Waals surface area contributed by atoms with Gasteiger partial charge >= 0.3 is 0 Å². The van der Waals surface area contributed by atoms with Gasteiger partial charge in [0.1, 0.15) is 0 Å². The van der Waals surface area contributed by atoms with Gasteiger partial charge < -0.3 is 5.11 Å². The molecule has 2 aliphatic carbocycles. The van der Waals surface area contributed by atoms with E-state index in [0.29, 0.717) is 6.33 Å². The summed E-state index contributed by atoms with van der Waals surface area (Å²) in [5.74, 6) is 2.61. The van der Waals surface area contributed by atoms with Crippen LogP contribution in [0.3, 0.4) is 0 Å². The Hall–Kier alpha value is -0.370. The van der Waals surface area contributed by atoms with Gasteiger partial charge in [0.05, 0.1) is 12.4 Å². The van der Waals surface area contributed by atoms with Gasteiger partial charge in [-0.25, -0.2) is 4.39 Å². The molecule has 2 rings (SSSR count). The maximum atomic E-state index is 11.9. The van der Waals surface area contributed by atoms with Crippen molar-refractivity contribution in [3.8, 4) is 0 Å². The quantitative estimate of drug-likeness (QED) is 0.777. The average Bonchev–Trinajstić information content (AvgIpc) is 2.41. The highest BCUT2D eigenvalue weighted by atomic mass is 19.1. The summed E-state index contributed by atoms with van der Waals surface area (Å²) in [4.78, 5) is 0. The van der Waals surface area contributed by atoms with Crippen molar-refractivity contribution in [1.82, 2.24) is 0 Å². The van der Waals surface area contributed by atoms with Crippen LogP contribution in [0.2, 0.25) is 0 Å². The molecule has 2 saturated carbocycles. The first-order valence-electron chi connectivity index (χ1n) is 7.73. The predicted molar refractivity (Wildman–Crippen MR) is 72.9 cm³/mol. The van der Waals surface area contributed by atoms with Crippen molar-refractivity contribution >= 4 is 0 Å². The second kappa shape index (κ2) is 7.28. The summed E-state index contributed by atoms with van der Waals surface area (Å²) in [6, 6.07) is 0. The molecule has 104 valence electrons. The van der Waals surface area contributed by atoms with Crippen LogP contribution in [0.1, 0.15) is 64.2 Å². The SMILES string of the molecule is OC1CCC(C2CCC(CCC=CF)CC2)CC1. The molecule has 0 saturated heterocycles. The first-order valence-corrected chi connectivity index (χ1v) is 7.73. The fraction of sp³-hybridized carbons (Fsp3) is 0.875. The molecule has 2 fully saturated rings. The zero-order chi connectivity index (χ0) is 12.8. The number of hydrogen-bond donors (Lipinski definition) is 1. The summed E-state index contributed by atoms with van der Waals surface area (Å²) in [7, 11) is 0. The Morgan fingerprint density at radius 1 is 0.889 bits per heavy atom.